The van der Waals surface area contributed by atoms with Crippen LogP contribution in [0.3, 0.4) is 0 Å². The number of amides is 2. The fourth-order valence-corrected chi connectivity index (χ4v) is 5.41. The summed E-state index contributed by atoms with van der Waals surface area (Å²) in [6.45, 7) is 8.75. The average molecular weight is 413 g/mol. The molecule has 6 nitrogen and oxygen atoms in total. The maximum absolute atomic E-state index is 13.2. The van der Waals surface area contributed by atoms with E-state index in [1.807, 2.05) is 23.6 Å². The monoisotopic (exact) mass is 412 g/mol. The van der Waals surface area contributed by atoms with Crippen molar-refractivity contribution in [3.05, 3.63) is 23.5 Å². The second-order valence-electron chi connectivity index (χ2n) is 9.46. The Hall–Kier alpha value is -2.11. The first-order chi connectivity index (χ1) is 14.5. The molecule has 0 radical (unpaired) electrons. The van der Waals surface area contributed by atoms with Crippen LogP contribution in [-0.2, 0) is 9.59 Å². The third kappa shape index (κ3) is 4.96. The number of carbonyl (C=O) groups excluding carboxylic acids is 2. The number of likely N-dealkylation sites (tertiary alicyclic amines) is 1. The first-order valence-corrected chi connectivity index (χ1v) is 11.8. The van der Waals surface area contributed by atoms with Crippen LogP contribution < -0.4 is 4.90 Å². The van der Waals surface area contributed by atoms with Crippen molar-refractivity contribution in [2.45, 2.75) is 58.8 Å². The summed E-state index contributed by atoms with van der Waals surface area (Å²) < 4.78 is 0. The van der Waals surface area contributed by atoms with Crippen molar-refractivity contribution in [2.75, 3.05) is 44.2 Å². The highest BCUT2D eigenvalue weighted by molar-refractivity contribution is 5.84. The molecule has 1 aromatic rings. The van der Waals surface area contributed by atoms with Gasteiger partial charge in [0.15, 0.2) is 0 Å². The van der Waals surface area contributed by atoms with E-state index in [2.05, 4.69) is 22.0 Å². The molecule has 2 amide bonds. The SMILES string of the molecule is Cc1cc(N2CCN(C(=O)C3CCC(=O)N(CC4CCCCC4)C3)CC2)cc(C)n1. The molecule has 0 aromatic carbocycles. The number of aryl methyl sites for hydroxylation is 2. The summed E-state index contributed by atoms with van der Waals surface area (Å²) in [6, 6.07) is 4.25. The van der Waals surface area contributed by atoms with E-state index in [-0.39, 0.29) is 17.7 Å². The number of rotatable bonds is 4. The second kappa shape index (κ2) is 9.36. The van der Waals surface area contributed by atoms with E-state index in [0.717, 1.165) is 44.1 Å². The first-order valence-electron chi connectivity index (χ1n) is 11.8. The molecule has 3 heterocycles. The van der Waals surface area contributed by atoms with E-state index in [9.17, 15) is 9.59 Å². The van der Waals surface area contributed by atoms with Crippen LogP contribution in [0.15, 0.2) is 12.1 Å². The van der Waals surface area contributed by atoms with Crippen molar-refractivity contribution >= 4 is 17.5 Å². The van der Waals surface area contributed by atoms with Crippen molar-refractivity contribution in [3.8, 4) is 0 Å². The number of pyridine rings is 1. The van der Waals surface area contributed by atoms with E-state index < -0.39 is 0 Å². The third-order valence-electron chi connectivity index (χ3n) is 7.08. The van der Waals surface area contributed by atoms with Gasteiger partial charge >= 0.3 is 0 Å². The zero-order chi connectivity index (χ0) is 21.1. The van der Waals surface area contributed by atoms with E-state index in [1.165, 1.54) is 37.8 Å². The van der Waals surface area contributed by atoms with Gasteiger partial charge in [0.25, 0.3) is 0 Å². The molecular weight excluding hydrogens is 376 g/mol. The Bertz CT molecular complexity index is 746. The highest BCUT2D eigenvalue weighted by Crippen LogP contribution is 2.28. The Morgan fingerprint density at radius 1 is 1.00 bits per heavy atom. The fraction of sp³-hybridized carbons (Fsp3) is 0.708. The maximum atomic E-state index is 13.2. The van der Waals surface area contributed by atoms with Gasteiger partial charge in [0.2, 0.25) is 11.8 Å². The van der Waals surface area contributed by atoms with Crippen LogP contribution in [0.1, 0.15) is 56.3 Å². The molecule has 1 unspecified atom stereocenters. The smallest absolute Gasteiger partial charge is 0.227 e. The molecule has 2 saturated heterocycles. The topological polar surface area (TPSA) is 56.8 Å². The average Bonchev–Trinajstić information content (AvgIpc) is 2.75. The molecule has 1 saturated carbocycles. The molecule has 1 aliphatic carbocycles. The quantitative estimate of drug-likeness (QED) is 0.762. The van der Waals surface area contributed by atoms with E-state index in [0.29, 0.717) is 25.3 Å². The highest BCUT2D eigenvalue weighted by Gasteiger charge is 2.34. The van der Waals surface area contributed by atoms with Crippen molar-refractivity contribution in [3.63, 3.8) is 0 Å². The second-order valence-corrected chi connectivity index (χ2v) is 9.46. The lowest BCUT2D eigenvalue weighted by molar-refractivity contribution is -0.143. The fourth-order valence-electron chi connectivity index (χ4n) is 5.41. The molecule has 6 heteroatoms. The van der Waals surface area contributed by atoms with Gasteiger partial charge in [-0.25, -0.2) is 0 Å². The number of piperazine rings is 1. The van der Waals surface area contributed by atoms with Gasteiger partial charge in [-0.15, -0.1) is 0 Å². The highest BCUT2D eigenvalue weighted by atomic mass is 16.2. The normalized spacial score (nSPS) is 23.7. The molecule has 3 fully saturated rings. The van der Waals surface area contributed by atoms with Crippen LogP contribution in [0.2, 0.25) is 0 Å². The Labute approximate surface area is 180 Å². The number of carbonyl (C=O) groups is 2. The maximum Gasteiger partial charge on any atom is 0.227 e. The number of anilines is 1. The molecule has 4 rings (SSSR count). The number of nitrogens with zero attached hydrogens (tertiary/aromatic N) is 4. The van der Waals surface area contributed by atoms with Gasteiger partial charge in [0.05, 0.1) is 5.92 Å². The van der Waals surface area contributed by atoms with Gasteiger partial charge in [-0.2, -0.15) is 0 Å². The van der Waals surface area contributed by atoms with Crippen LogP contribution in [0.4, 0.5) is 5.69 Å². The minimum atomic E-state index is -0.0248. The summed E-state index contributed by atoms with van der Waals surface area (Å²) in [4.78, 5) is 36.5. The Morgan fingerprint density at radius 2 is 1.67 bits per heavy atom. The molecule has 2 aliphatic heterocycles. The van der Waals surface area contributed by atoms with E-state index in [1.54, 1.807) is 0 Å². The molecular formula is C24H36N4O2. The molecule has 164 valence electrons. The van der Waals surface area contributed by atoms with E-state index in [4.69, 9.17) is 0 Å². The van der Waals surface area contributed by atoms with Crippen LogP contribution >= 0.6 is 0 Å². The molecule has 1 atom stereocenters. The van der Waals surface area contributed by atoms with Crippen LogP contribution in [-0.4, -0.2) is 65.9 Å². The van der Waals surface area contributed by atoms with Gasteiger partial charge in [-0.1, -0.05) is 19.3 Å². The van der Waals surface area contributed by atoms with Gasteiger partial charge in [-0.05, 0) is 51.2 Å². The summed E-state index contributed by atoms with van der Waals surface area (Å²) in [6.07, 6.45) is 7.61. The summed E-state index contributed by atoms with van der Waals surface area (Å²) in [5.41, 5.74) is 3.27. The minimum absolute atomic E-state index is 0.0248. The summed E-state index contributed by atoms with van der Waals surface area (Å²) >= 11 is 0. The van der Waals surface area contributed by atoms with Gasteiger partial charge in [0.1, 0.15) is 0 Å². The van der Waals surface area contributed by atoms with Crippen LogP contribution in [0.25, 0.3) is 0 Å². The molecule has 1 aromatic heterocycles. The zero-order valence-electron chi connectivity index (χ0n) is 18.6. The zero-order valence-corrected chi connectivity index (χ0v) is 18.6. The number of hydrogen-bond acceptors (Lipinski definition) is 4. The lowest BCUT2D eigenvalue weighted by Crippen LogP contribution is -2.53. The van der Waals surface area contributed by atoms with Gasteiger partial charge in [-0.3, -0.25) is 14.6 Å². The third-order valence-corrected chi connectivity index (χ3v) is 7.08. The largest absolute Gasteiger partial charge is 0.368 e. The van der Waals surface area contributed by atoms with Crippen LogP contribution in [0, 0.1) is 25.7 Å². The summed E-state index contributed by atoms with van der Waals surface area (Å²) in [5, 5.41) is 0. The van der Waals surface area contributed by atoms with E-state index >= 15 is 0 Å². The van der Waals surface area contributed by atoms with Crippen molar-refractivity contribution < 1.29 is 9.59 Å². The Balaban J connectivity index is 1.31. The lowest BCUT2D eigenvalue weighted by atomic mass is 9.87. The minimum Gasteiger partial charge on any atom is -0.368 e. The lowest BCUT2D eigenvalue weighted by Gasteiger charge is -2.40. The van der Waals surface area contributed by atoms with Gasteiger partial charge < -0.3 is 14.7 Å². The molecule has 0 N–H and O–H groups in total. The molecule has 0 bridgehead atoms. The number of piperidine rings is 1. The predicted molar refractivity (Wildman–Crippen MR) is 118 cm³/mol. The molecule has 0 spiro atoms. The Kier molecular flexibility index (Phi) is 6.59. The summed E-state index contributed by atoms with van der Waals surface area (Å²) in [5.74, 6) is 1.10. The number of hydrogen-bond donors (Lipinski definition) is 0. The number of aromatic nitrogens is 1. The Morgan fingerprint density at radius 3 is 2.33 bits per heavy atom. The predicted octanol–water partition coefficient (Wildman–Crippen LogP) is 3.17. The summed E-state index contributed by atoms with van der Waals surface area (Å²) in [7, 11) is 0. The van der Waals surface area contributed by atoms with Gasteiger partial charge in [0, 0.05) is 62.8 Å². The standard InChI is InChI=1S/C24H36N4O2/c1-18-14-22(15-19(2)25-18)26-10-12-27(13-11-26)24(30)21-8-9-23(29)28(17-21)16-20-6-4-3-5-7-20/h14-15,20-21H,3-13,16-17H2,1-2H3. The van der Waals surface area contributed by atoms with Crippen molar-refractivity contribution in [2.24, 2.45) is 11.8 Å². The first kappa shape index (κ1) is 21.1. The van der Waals surface area contributed by atoms with Crippen molar-refractivity contribution in [1.29, 1.82) is 0 Å². The van der Waals surface area contributed by atoms with Crippen LogP contribution in [0.5, 0.6) is 0 Å². The van der Waals surface area contributed by atoms with Crippen molar-refractivity contribution in [1.82, 2.24) is 14.8 Å². The molecule has 3 aliphatic rings. The molecule has 30 heavy (non-hydrogen) atoms.